The van der Waals surface area contributed by atoms with Crippen molar-refractivity contribution in [3.8, 4) is 0 Å². The minimum absolute atomic E-state index is 0.0108. The smallest absolute Gasteiger partial charge is 0.308 e. The number of unbranched alkanes of at least 4 members (excludes halogenated alkanes) is 9. The van der Waals surface area contributed by atoms with Crippen LogP contribution in [0.15, 0.2) is 4.99 Å². The van der Waals surface area contributed by atoms with E-state index in [9.17, 15) is 9.59 Å². The van der Waals surface area contributed by atoms with Gasteiger partial charge in [0.2, 0.25) is 0 Å². The molecule has 0 saturated heterocycles. The number of aliphatic hydroxyl groups excluding tert-OH is 3. The first-order chi connectivity index (χ1) is 17.4. The molecular formula is C24H50N2O10. The molecule has 0 fully saturated rings. The fraction of sp³-hybridized carbons (Fsp3) is 0.875. The molecule has 0 saturated carbocycles. The van der Waals surface area contributed by atoms with Crippen LogP contribution >= 0.6 is 0 Å². The van der Waals surface area contributed by atoms with E-state index in [0.717, 1.165) is 13.0 Å². The monoisotopic (exact) mass is 526 g/mol. The number of rotatable bonds is 23. The van der Waals surface area contributed by atoms with E-state index in [-0.39, 0.29) is 52.5 Å². The van der Waals surface area contributed by atoms with Gasteiger partial charge in [-0.1, -0.05) is 71.6 Å². The summed E-state index contributed by atoms with van der Waals surface area (Å²) in [6, 6.07) is 0. The van der Waals surface area contributed by atoms with Crippen molar-refractivity contribution in [3.63, 3.8) is 0 Å². The number of aliphatic hydroxyl groups is 3. The second-order valence-electron chi connectivity index (χ2n) is 7.51. The van der Waals surface area contributed by atoms with E-state index in [1.54, 1.807) is 6.92 Å². The Kier molecular flexibility index (Phi) is 38.3. The van der Waals surface area contributed by atoms with Crippen LogP contribution in [0.25, 0.3) is 0 Å². The number of nitrogens with zero attached hydrogens (tertiary/aromatic N) is 2. The van der Waals surface area contributed by atoms with Crippen molar-refractivity contribution in [2.24, 2.45) is 4.99 Å². The number of aliphatic imine (C=N–C) groups is 1. The second-order valence-corrected chi connectivity index (χ2v) is 7.51. The Morgan fingerprint density at radius 2 is 1.08 bits per heavy atom. The normalized spacial score (nSPS) is 10.6. The summed E-state index contributed by atoms with van der Waals surface area (Å²) < 4.78 is 0. The van der Waals surface area contributed by atoms with Crippen molar-refractivity contribution >= 4 is 18.2 Å². The van der Waals surface area contributed by atoms with Crippen LogP contribution in [0.3, 0.4) is 0 Å². The van der Waals surface area contributed by atoms with Gasteiger partial charge in [-0.15, -0.1) is 0 Å². The lowest BCUT2D eigenvalue weighted by Crippen LogP contribution is -2.28. The molecule has 0 aromatic rings. The Labute approximate surface area is 215 Å². The number of carboxylic acid groups (broad SMARTS) is 2. The molecule has 0 spiro atoms. The minimum atomic E-state index is -0.804. The molecule has 5 N–H and O–H groups in total. The van der Waals surface area contributed by atoms with Crippen molar-refractivity contribution < 1.29 is 49.6 Å². The third kappa shape index (κ3) is 42.5. The highest BCUT2D eigenvalue weighted by atomic mass is 17.2. The average Bonchev–Trinajstić information content (AvgIpc) is 2.87. The van der Waals surface area contributed by atoms with Gasteiger partial charge in [-0.25, -0.2) is 14.5 Å². The largest absolute Gasteiger partial charge is 0.481 e. The van der Waals surface area contributed by atoms with Gasteiger partial charge < -0.3 is 25.5 Å². The number of hydrogen-bond acceptors (Lipinski definition) is 10. The summed E-state index contributed by atoms with van der Waals surface area (Å²) in [7, 11) is 0. The van der Waals surface area contributed by atoms with Crippen LogP contribution < -0.4 is 0 Å². The predicted octanol–water partition coefficient (Wildman–Crippen LogP) is 2.99. The van der Waals surface area contributed by atoms with E-state index in [0.29, 0.717) is 5.39 Å². The highest BCUT2D eigenvalue weighted by Gasteiger charge is 2.05. The lowest BCUT2D eigenvalue weighted by molar-refractivity contribution is -0.527. The Bertz CT molecular complexity index is 463. The van der Waals surface area contributed by atoms with Crippen molar-refractivity contribution in [3.05, 3.63) is 0 Å². The summed E-state index contributed by atoms with van der Waals surface area (Å²) in [6.07, 6.45) is 15.0. The van der Waals surface area contributed by atoms with Gasteiger partial charge >= 0.3 is 11.9 Å². The van der Waals surface area contributed by atoms with Gasteiger partial charge in [-0.3, -0.25) is 14.6 Å². The molecule has 216 valence electrons. The maximum absolute atomic E-state index is 10.2. The van der Waals surface area contributed by atoms with Gasteiger partial charge in [0, 0.05) is 19.2 Å². The maximum Gasteiger partial charge on any atom is 0.308 e. The first-order valence-electron chi connectivity index (χ1n) is 12.8. The van der Waals surface area contributed by atoms with E-state index in [1.165, 1.54) is 64.0 Å². The zero-order valence-corrected chi connectivity index (χ0v) is 22.2. The molecule has 0 heterocycles. The molecule has 0 rings (SSSR count). The molecule has 0 aromatic carbocycles. The first kappa shape index (κ1) is 38.9. The molecule has 0 aromatic heterocycles. The van der Waals surface area contributed by atoms with Gasteiger partial charge in [-0.05, 0) is 6.42 Å². The predicted molar refractivity (Wildman–Crippen MR) is 136 cm³/mol. The summed E-state index contributed by atoms with van der Waals surface area (Å²) in [4.78, 5) is 37.8. The van der Waals surface area contributed by atoms with E-state index in [1.807, 2.05) is 0 Å². The molecular weight excluding hydrogens is 476 g/mol. The molecule has 0 atom stereocenters. The summed E-state index contributed by atoms with van der Waals surface area (Å²) >= 11 is 0. The SMILES string of the molecule is CCC(=O)O.CCCCCCCCCCCCN=CCC(=O)O.OCCON(OCCO)OCCO. The van der Waals surface area contributed by atoms with Crippen LogP contribution in [0, 0.1) is 0 Å². The zero-order chi connectivity index (χ0) is 27.7. The summed E-state index contributed by atoms with van der Waals surface area (Å²) in [5.41, 5.74) is 0. The average molecular weight is 527 g/mol. The third-order valence-electron chi connectivity index (χ3n) is 4.20. The Hall–Kier alpha value is -1.67. The molecule has 0 amide bonds. The molecule has 0 aliphatic heterocycles. The fourth-order valence-corrected chi connectivity index (χ4v) is 2.38. The zero-order valence-electron chi connectivity index (χ0n) is 22.2. The second kappa shape index (κ2) is 35.5. The van der Waals surface area contributed by atoms with Gasteiger partial charge in [0.05, 0.1) is 51.5 Å². The number of carboxylic acids is 2. The molecule has 0 aliphatic carbocycles. The van der Waals surface area contributed by atoms with Crippen LogP contribution in [0.1, 0.15) is 90.9 Å². The lowest BCUT2D eigenvalue weighted by Gasteiger charge is -2.17. The molecule has 0 aliphatic rings. The van der Waals surface area contributed by atoms with E-state index in [2.05, 4.69) is 11.9 Å². The number of aliphatic carboxylic acids is 2. The quantitative estimate of drug-likeness (QED) is 0.0750. The molecule has 0 radical (unpaired) electrons. The van der Waals surface area contributed by atoms with Gasteiger partial charge in [0.15, 0.2) is 0 Å². The van der Waals surface area contributed by atoms with E-state index >= 15 is 0 Å². The van der Waals surface area contributed by atoms with E-state index < -0.39 is 11.9 Å². The summed E-state index contributed by atoms with van der Waals surface area (Å²) in [5.74, 6) is -1.55. The van der Waals surface area contributed by atoms with Gasteiger partial charge in [0.25, 0.3) is 0 Å². The molecule has 12 heteroatoms. The van der Waals surface area contributed by atoms with Crippen LogP contribution in [-0.2, 0) is 24.1 Å². The summed E-state index contributed by atoms with van der Waals surface area (Å²) in [5, 5.41) is 42.0. The van der Waals surface area contributed by atoms with Crippen LogP contribution in [0.4, 0.5) is 0 Å². The van der Waals surface area contributed by atoms with Crippen molar-refractivity contribution in [1.82, 2.24) is 5.39 Å². The highest BCUT2D eigenvalue weighted by molar-refractivity contribution is 5.84. The topological polar surface area (TPSA) is 179 Å². The fourth-order valence-electron chi connectivity index (χ4n) is 2.38. The van der Waals surface area contributed by atoms with Gasteiger partial charge in [0.1, 0.15) is 0 Å². The van der Waals surface area contributed by atoms with Gasteiger partial charge in [-0.2, -0.15) is 0 Å². The van der Waals surface area contributed by atoms with E-state index in [4.69, 9.17) is 40.0 Å². The first-order valence-corrected chi connectivity index (χ1v) is 12.8. The number of hydrogen-bond donors (Lipinski definition) is 5. The van der Waals surface area contributed by atoms with Crippen molar-refractivity contribution in [2.45, 2.75) is 90.9 Å². The van der Waals surface area contributed by atoms with Crippen LogP contribution in [0.2, 0.25) is 0 Å². The maximum atomic E-state index is 10.2. The molecule has 36 heavy (non-hydrogen) atoms. The Morgan fingerprint density at radius 1 is 0.694 bits per heavy atom. The number of carbonyl (C=O) groups is 2. The van der Waals surface area contributed by atoms with Crippen molar-refractivity contribution in [1.29, 1.82) is 0 Å². The molecule has 0 unspecified atom stereocenters. The Morgan fingerprint density at radius 3 is 1.42 bits per heavy atom. The standard InChI is InChI=1S/C15H29NO2.C6H15NO6.C3H6O2/c1-2-3-4-5-6-7-8-9-10-11-13-16-14-12-15(17)18;8-1-4-11-7(12-5-2-9)13-6-3-10;1-2-3(4)5/h14H,2-13H2,1H3,(H,17,18);8-10H,1-6H2;2H2,1H3,(H,4,5). The van der Waals surface area contributed by atoms with Crippen LogP contribution in [0.5, 0.6) is 0 Å². The third-order valence-corrected chi connectivity index (χ3v) is 4.20. The molecule has 0 bridgehead atoms. The van der Waals surface area contributed by atoms with Crippen molar-refractivity contribution in [2.75, 3.05) is 46.2 Å². The summed E-state index contributed by atoms with van der Waals surface area (Å²) in [6.45, 7) is 4.13. The minimum Gasteiger partial charge on any atom is -0.481 e. The van der Waals surface area contributed by atoms with Crippen LogP contribution in [-0.4, -0.2) is 95.3 Å². The highest BCUT2D eigenvalue weighted by Crippen LogP contribution is 2.10. The Balaban J connectivity index is -0.000000526. The molecule has 12 nitrogen and oxygen atoms in total. The lowest BCUT2D eigenvalue weighted by atomic mass is 10.1.